The molecule has 0 spiro atoms. The lowest BCUT2D eigenvalue weighted by atomic mass is 10.1. The van der Waals surface area contributed by atoms with Crippen LogP contribution in [-0.2, 0) is 4.79 Å². The molecule has 0 saturated heterocycles. The van der Waals surface area contributed by atoms with Crippen LogP contribution >= 0.6 is 0 Å². The Morgan fingerprint density at radius 2 is 2.38 bits per heavy atom. The molecule has 0 radical (unpaired) electrons. The minimum Gasteiger partial charge on any atom is -0.352 e. The molecule has 0 aliphatic heterocycles. The quantitative estimate of drug-likeness (QED) is 0.737. The molecule has 1 aliphatic carbocycles. The number of hydrogen-bond acceptors (Lipinski definition) is 3. The molecule has 0 aromatic heterocycles. The van der Waals surface area contributed by atoms with Crippen molar-refractivity contribution < 1.29 is 4.79 Å². The summed E-state index contributed by atoms with van der Waals surface area (Å²) in [5.74, 6) is 0.0742. The number of nitrogens with zero attached hydrogens (tertiary/aromatic N) is 1. The lowest BCUT2D eigenvalue weighted by Crippen LogP contribution is -2.36. The summed E-state index contributed by atoms with van der Waals surface area (Å²) in [6.45, 7) is 1.95. The Kier molecular flexibility index (Phi) is 5.27. The van der Waals surface area contributed by atoms with Gasteiger partial charge in [-0.2, -0.15) is 5.26 Å². The van der Waals surface area contributed by atoms with Gasteiger partial charge in [0.05, 0.1) is 12.0 Å². The summed E-state index contributed by atoms with van der Waals surface area (Å²) >= 11 is 0. The van der Waals surface area contributed by atoms with E-state index in [0.717, 1.165) is 32.1 Å². The van der Waals surface area contributed by atoms with E-state index in [9.17, 15) is 4.79 Å². The number of nitrogens with two attached hydrogens (primary N) is 1. The van der Waals surface area contributed by atoms with Gasteiger partial charge in [0, 0.05) is 18.5 Å². The fourth-order valence-corrected chi connectivity index (χ4v) is 2.15. The Morgan fingerprint density at radius 3 is 3.00 bits per heavy atom. The molecule has 3 unspecified atom stereocenters. The number of carbonyl (C=O) groups is 1. The summed E-state index contributed by atoms with van der Waals surface area (Å²) in [5, 5.41) is 11.8. The van der Waals surface area contributed by atoms with E-state index in [1.54, 1.807) is 0 Å². The highest BCUT2D eigenvalue weighted by atomic mass is 16.1. The molecule has 16 heavy (non-hydrogen) atoms. The summed E-state index contributed by atoms with van der Waals surface area (Å²) in [5.41, 5.74) is 5.61. The minimum absolute atomic E-state index is 0.0115. The molecule has 1 rings (SSSR count). The van der Waals surface area contributed by atoms with Crippen LogP contribution in [0.25, 0.3) is 0 Å². The maximum Gasteiger partial charge on any atom is 0.220 e. The lowest BCUT2D eigenvalue weighted by molar-refractivity contribution is -0.122. The third kappa shape index (κ3) is 4.19. The van der Waals surface area contributed by atoms with Crippen molar-refractivity contribution in [2.75, 3.05) is 0 Å². The van der Waals surface area contributed by atoms with Crippen molar-refractivity contribution in [3.63, 3.8) is 0 Å². The van der Waals surface area contributed by atoms with E-state index in [2.05, 4.69) is 11.4 Å². The van der Waals surface area contributed by atoms with E-state index in [1.165, 1.54) is 0 Å². The van der Waals surface area contributed by atoms with Crippen molar-refractivity contribution in [3.05, 3.63) is 0 Å². The van der Waals surface area contributed by atoms with Gasteiger partial charge >= 0.3 is 0 Å². The highest BCUT2D eigenvalue weighted by Crippen LogP contribution is 2.24. The number of amides is 1. The van der Waals surface area contributed by atoms with Crippen LogP contribution in [0.2, 0.25) is 0 Å². The van der Waals surface area contributed by atoms with Gasteiger partial charge in [-0.1, -0.05) is 0 Å². The van der Waals surface area contributed by atoms with Crippen LogP contribution in [0.5, 0.6) is 0 Å². The van der Waals surface area contributed by atoms with Gasteiger partial charge in [-0.25, -0.2) is 0 Å². The zero-order chi connectivity index (χ0) is 12.0. The standard InChI is InChI=1S/C12H21N3O/c1-9(14)4-2-7-12(16)15-11-6-3-5-10(11)8-13/h9-11H,2-7,14H2,1H3,(H,15,16). The Balaban J connectivity index is 2.21. The Labute approximate surface area is 97.2 Å². The summed E-state index contributed by atoms with van der Waals surface area (Å²) < 4.78 is 0. The van der Waals surface area contributed by atoms with Crippen LogP contribution in [0, 0.1) is 17.2 Å². The van der Waals surface area contributed by atoms with Gasteiger partial charge in [-0.05, 0) is 39.0 Å². The van der Waals surface area contributed by atoms with Crippen LogP contribution in [-0.4, -0.2) is 18.0 Å². The van der Waals surface area contributed by atoms with E-state index < -0.39 is 0 Å². The molecule has 1 fully saturated rings. The van der Waals surface area contributed by atoms with Gasteiger partial charge in [-0.15, -0.1) is 0 Å². The number of rotatable bonds is 5. The van der Waals surface area contributed by atoms with Gasteiger partial charge in [0.25, 0.3) is 0 Å². The predicted octanol–water partition coefficient (Wildman–Crippen LogP) is 1.31. The van der Waals surface area contributed by atoms with E-state index in [1.807, 2.05) is 6.92 Å². The van der Waals surface area contributed by atoms with Gasteiger partial charge in [-0.3, -0.25) is 4.79 Å². The average Bonchev–Trinajstić information content (AvgIpc) is 2.64. The van der Waals surface area contributed by atoms with Crippen LogP contribution in [0.4, 0.5) is 0 Å². The molecule has 1 saturated carbocycles. The van der Waals surface area contributed by atoms with E-state index in [-0.39, 0.29) is 23.9 Å². The van der Waals surface area contributed by atoms with Crippen LogP contribution in [0.15, 0.2) is 0 Å². The van der Waals surface area contributed by atoms with E-state index >= 15 is 0 Å². The minimum atomic E-state index is 0.0115. The van der Waals surface area contributed by atoms with Crippen molar-refractivity contribution in [2.45, 2.75) is 57.5 Å². The van der Waals surface area contributed by atoms with Crippen molar-refractivity contribution in [3.8, 4) is 6.07 Å². The maximum absolute atomic E-state index is 11.6. The summed E-state index contributed by atoms with van der Waals surface area (Å²) in [7, 11) is 0. The molecule has 4 heteroatoms. The monoisotopic (exact) mass is 223 g/mol. The molecule has 0 heterocycles. The van der Waals surface area contributed by atoms with Crippen LogP contribution in [0.3, 0.4) is 0 Å². The highest BCUT2D eigenvalue weighted by Gasteiger charge is 2.27. The summed E-state index contributed by atoms with van der Waals surface area (Å²) in [6.07, 6.45) is 5.13. The van der Waals surface area contributed by atoms with Crippen LogP contribution < -0.4 is 11.1 Å². The van der Waals surface area contributed by atoms with E-state index in [4.69, 9.17) is 11.0 Å². The van der Waals surface area contributed by atoms with Gasteiger partial charge in [0.2, 0.25) is 5.91 Å². The molecule has 0 aromatic carbocycles. The zero-order valence-electron chi connectivity index (χ0n) is 9.91. The first-order valence-electron chi connectivity index (χ1n) is 6.08. The van der Waals surface area contributed by atoms with Crippen LogP contribution in [0.1, 0.15) is 45.4 Å². The zero-order valence-corrected chi connectivity index (χ0v) is 9.91. The first kappa shape index (κ1) is 13.0. The second kappa shape index (κ2) is 6.49. The molecule has 90 valence electrons. The normalized spacial score (nSPS) is 26.1. The van der Waals surface area contributed by atoms with Crippen molar-refractivity contribution >= 4 is 5.91 Å². The van der Waals surface area contributed by atoms with Gasteiger partial charge in [0.1, 0.15) is 0 Å². The average molecular weight is 223 g/mol. The Morgan fingerprint density at radius 1 is 1.62 bits per heavy atom. The molecule has 1 aliphatic rings. The molecule has 4 nitrogen and oxygen atoms in total. The molecule has 3 atom stereocenters. The molecule has 3 N–H and O–H groups in total. The number of hydrogen-bond donors (Lipinski definition) is 2. The highest BCUT2D eigenvalue weighted by molar-refractivity contribution is 5.76. The Hall–Kier alpha value is -1.08. The largest absolute Gasteiger partial charge is 0.352 e. The second-order valence-electron chi connectivity index (χ2n) is 4.71. The van der Waals surface area contributed by atoms with Crippen molar-refractivity contribution in [1.82, 2.24) is 5.32 Å². The molecule has 0 bridgehead atoms. The maximum atomic E-state index is 11.6. The molecule has 1 amide bonds. The second-order valence-corrected chi connectivity index (χ2v) is 4.71. The lowest BCUT2D eigenvalue weighted by Gasteiger charge is -2.15. The number of nitriles is 1. The summed E-state index contributed by atoms with van der Waals surface area (Å²) in [6, 6.07) is 2.49. The molecular formula is C12H21N3O. The van der Waals surface area contributed by atoms with Crippen molar-refractivity contribution in [1.29, 1.82) is 5.26 Å². The van der Waals surface area contributed by atoms with Gasteiger partial charge in [0.15, 0.2) is 0 Å². The smallest absolute Gasteiger partial charge is 0.220 e. The third-order valence-electron chi connectivity index (χ3n) is 3.09. The number of carbonyl (C=O) groups excluding carboxylic acids is 1. The molecule has 0 aromatic rings. The summed E-state index contributed by atoms with van der Waals surface area (Å²) in [4.78, 5) is 11.6. The fraction of sp³-hybridized carbons (Fsp3) is 0.833. The predicted molar refractivity (Wildman–Crippen MR) is 62.4 cm³/mol. The molecular weight excluding hydrogens is 202 g/mol. The fourth-order valence-electron chi connectivity index (χ4n) is 2.15. The number of nitrogens with one attached hydrogen (secondary N) is 1. The topological polar surface area (TPSA) is 78.9 Å². The van der Waals surface area contributed by atoms with Gasteiger partial charge < -0.3 is 11.1 Å². The van der Waals surface area contributed by atoms with E-state index in [0.29, 0.717) is 6.42 Å². The first-order chi connectivity index (χ1) is 7.63. The third-order valence-corrected chi connectivity index (χ3v) is 3.09. The first-order valence-corrected chi connectivity index (χ1v) is 6.08. The SMILES string of the molecule is CC(N)CCCC(=O)NC1CCCC1C#N. The Bertz CT molecular complexity index is 270. The van der Waals surface area contributed by atoms with Crippen molar-refractivity contribution in [2.24, 2.45) is 11.7 Å².